The quantitative estimate of drug-likeness (QED) is 0.904. The lowest BCUT2D eigenvalue weighted by Crippen LogP contribution is -2.39. The third kappa shape index (κ3) is 2.65. The molecule has 20 heavy (non-hydrogen) atoms. The van der Waals surface area contributed by atoms with Crippen LogP contribution in [0, 0.1) is 0 Å². The first-order chi connectivity index (χ1) is 9.41. The van der Waals surface area contributed by atoms with E-state index in [1.54, 1.807) is 25.4 Å². The number of likely N-dealkylation sites (N-methyl/N-ethyl adjacent to an activating group) is 1. The number of rotatable bonds is 4. The summed E-state index contributed by atoms with van der Waals surface area (Å²) >= 11 is 0. The van der Waals surface area contributed by atoms with E-state index in [1.165, 1.54) is 4.68 Å². The molecule has 6 nitrogen and oxygen atoms in total. The molecule has 0 aliphatic carbocycles. The Bertz CT molecular complexity index is 664. The van der Waals surface area contributed by atoms with Crippen molar-refractivity contribution in [3.8, 4) is 0 Å². The Morgan fingerprint density at radius 2 is 2.05 bits per heavy atom. The Balaban J connectivity index is 2.45. The highest BCUT2D eigenvalue weighted by Gasteiger charge is 2.17. The van der Waals surface area contributed by atoms with Gasteiger partial charge < -0.3 is 10.2 Å². The van der Waals surface area contributed by atoms with Crippen molar-refractivity contribution in [2.75, 3.05) is 19.4 Å². The minimum Gasteiger partial charge on any atom is -0.363 e. The number of anilines is 1. The van der Waals surface area contributed by atoms with Gasteiger partial charge in [0, 0.05) is 25.3 Å². The molecule has 2 heterocycles. The minimum absolute atomic E-state index is 0.132. The van der Waals surface area contributed by atoms with Gasteiger partial charge in [-0.2, -0.15) is 5.10 Å². The lowest BCUT2D eigenvalue weighted by molar-refractivity contribution is 0.290. The van der Waals surface area contributed by atoms with E-state index < -0.39 is 0 Å². The fourth-order valence-electron chi connectivity index (χ4n) is 2.06. The van der Waals surface area contributed by atoms with Crippen LogP contribution in [0.4, 0.5) is 5.82 Å². The van der Waals surface area contributed by atoms with Gasteiger partial charge in [0.2, 0.25) is 0 Å². The largest absolute Gasteiger partial charge is 0.363 e. The lowest BCUT2D eigenvalue weighted by Gasteiger charge is -2.27. The van der Waals surface area contributed by atoms with Crippen LogP contribution in [0.25, 0.3) is 10.9 Å². The number of aromatic nitrogens is 3. The van der Waals surface area contributed by atoms with Crippen LogP contribution in [-0.2, 0) is 7.05 Å². The summed E-state index contributed by atoms with van der Waals surface area (Å²) in [5.74, 6) is 0.643. The molecule has 0 radical (unpaired) electrons. The number of fused-ring (bicyclic) bond motifs is 1. The Kier molecular flexibility index (Phi) is 4.04. The normalized spacial score (nSPS) is 14.5. The van der Waals surface area contributed by atoms with E-state index >= 15 is 0 Å². The predicted molar refractivity (Wildman–Crippen MR) is 81.0 cm³/mol. The molecule has 0 aliphatic rings. The molecule has 0 unspecified atom stereocenters. The fourth-order valence-corrected chi connectivity index (χ4v) is 2.06. The number of hydrogen-bond donors (Lipinski definition) is 1. The van der Waals surface area contributed by atoms with Gasteiger partial charge in [0.25, 0.3) is 5.56 Å². The van der Waals surface area contributed by atoms with Crippen LogP contribution in [0.5, 0.6) is 0 Å². The minimum atomic E-state index is -0.132. The number of pyridine rings is 1. The SMILES string of the molecule is C[C@H]([C@@H](C)Nc1nn(C)c(=O)c2cccnc12)N(C)C. The second-order valence-corrected chi connectivity index (χ2v) is 5.31. The van der Waals surface area contributed by atoms with Gasteiger partial charge in [-0.15, -0.1) is 0 Å². The summed E-state index contributed by atoms with van der Waals surface area (Å²) in [6, 6.07) is 4.05. The number of nitrogens with zero attached hydrogens (tertiary/aromatic N) is 4. The molecular formula is C14H21N5O. The van der Waals surface area contributed by atoms with Crippen molar-refractivity contribution < 1.29 is 0 Å². The van der Waals surface area contributed by atoms with Crippen LogP contribution in [-0.4, -0.2) is 45.8 Å². The highest BCUT2D eigenvalue weighted by molar-refractivity contribution is 5.86. The highest BCUT2D eigenvalue weighted by Crippen LogP contribution is 2.16. The van der Waals surface area contributed by atoms with E-state index in [2.05, 4.69) is 34.1 Å². The molecule has 0 fully saturated rings. The summed E-state index contributed by atoms with van der Waals surface area (Å²) in [4.78, 5) is 18.5. The van der Waals surface area contributed by atoms with Crippen molar-refractivity contribution in [3.05, 3.63) is 28.7 Å². The summed E-state index contributed by atoms with van der Waals surface area (Å²) in [5, 5.41) is 8.23. The van der Waals surface area contributed by atoms with Crippen molar-refractivity contribution in [2.45, 2.75) is 25.9 Å². The van der Waals surface area contributed by atoms with Gasteiger partial charge in [0.15, 0.2) is 5.82 Å². The third-order valence-corrected chi connectivity index (χ3v) is 3.71. The molecule has 2 rings (SSSR count). The lowest BCUT2D eigenvalue weighted by atomic mass is 10.1. The maximum atomic E-state index is 12.0. The summed E-state index contributed by atoms with van der Waals surface area (Å²) in [6.45, 7) is 4.22. The Hall–Kier alpha value is -1.95. The van der Waals surface area contributed by atoms with Gasteiger partial charge in [-0.25, -0.2) is 4.68 Å². The first-order valence-electron chi connectivity index (χ1n) is 6.67. The molecule has 0 aromatic carbocycles. The van der Waals surface area contributed by atoms with Crippen LogP contribution in [0.3, 0.4) is 0 Å². The summed E-state index contributed by atoms with van der Waals surface area (Å²) in [7, 11) is 5.72. The maximum Gasteiger partial charge on any atom is 0.276 e. The van der Waals surface area contributed by atoms with Crippen molar-refractivity contribution >= 4 is 16.7 Å². The topological polar surface area (TPSA) is 63.1 Å². The van der Waals surface area contributed by atoms with E-state index in [1.807, 2.05) is 14.1 Å². The van der Waals surface area contributed by atoms with Crippen LogP contribution in [0.2, 0.25) is 0 Å². The molecule has 0 saturated heterocycles. The van der Waals surface area contributed by atoms with Gasteiger partial charge in [-0.1, -0.05) is 0 Å². The van der Waals surface area contributed by atoms with E-state index in [9.17, 15) is 4.79 Å². The van der Waals surface area contributed by atoms with E-state index in [-0.39, 0.29) is 11.6 Å². The van der Waals surface area contributed by atoms with Crippen LogP contribution >= 0.6 is 0 Å². The Morgan fingerprint density at radius 3 is 2.70 bits per heavy atom. The Morgan fingerprint density at radius 1 is 1.35 bits per heavy atom. The second kappa shape index (κ2) is 5.58. The average molecular weight is 275 g/mol. The number of hydrogen-bond acceptors (Lipinski definition) is 5. The molecule has 6 heteroatoms. The maximum absolute atomic E-state index is 12.0. The molecule has 0 amide bonds. The van der Waals surface area contributed by atoms with Crippen molar-refractivity contribution in [2.24, 2.45) is 7.05 Å². The monoisotopic (exact) mass is 275 g/mol. The molecule has 108 valence electrons. The van der Waals surface area contributed by atoms with Gasteiger partial charge in [-0.05, 0) is 40.1 Å². The first kappa shape index (κ1) is 14.5. The van der Waals surface area contributed by atoms with Gasteiger partial charge in [0.05, 0.1) is 5.39 Å². The molecule has 0 bridgehead atoms. The molecule has 2 aromatic heterocycles. The molecular weight excluding hydrogens is 254 g/mol. The zero-order chi connectivity index (χ0) is 14.9. The standard InChI is InChI=1S/C14H21N5O/c1-9(10(2)18(3)4)16-13-12-11(7-6-8-15-12)14(20)19(5)17-13/h6-10H,1-5H3,(H,16,17)/t9-,10-/m1/s1. The summed E-state index contributed by atoms with van der Waals surface area (Å²) in [5.41, 5.74) is 0.486. The Labute approximate surface area is 118 Å². The molecule has 2 aromatic rings. The van der Waals surface area contributed by atoms with Gasteiger partial charge in [0.1, 0.15) is 5.52 Å². The molecule has 0 saturated carbocycles. The average Bonchev–Trinajstić information content (AvgIpc) is 2.43. The summed E-state index contributed by atoms with van der Waals surface area (Å²) in [6.07, 6.45) is 1.68. The fraction of sp³-hybridized carbons (Fsp3) is 0.500. The molecule has 0 spiro atoms. The van der Waals surface area contributed by atoms with Gasteiger partial charge >= 0.3 is 0 Å². The molecule has 0 aliphatic heterocycles. The van der Waals surface area contributed by atoms with Crippen LogP contribution in [0.15, 0.2) is 23.1 Å². The van der Waals surface area contributed by atoms with Crippen molar-refractivity contribution in [3.63, 3.8) is 0 Å². The van der Waals surface area contributed by atoms with Crippen molar-refractivity contribution in [1.29, 1.82) is 0 Å². The smallest absolute Gasteiger partial charge is 0.276 e. The molecule has 1 N–H and O–H groups in total. The van der Waals surface area contributed by atoms with Gasteiger partial charge in [-0.3, -0.25) is 9.78 Å². The zero-order valence-corrected chi connectivity index (χ0v) is 12.6. The van der Waals surface area contributed by atoms with E-state index in [4.69, 9.17) is 0 Å². The van der Waals surface area contributed by atoms with Crippen LogP contribution < -0.4 is 10.9 Å². The highest BCUT2D eigenvalue weighted by atomic mass is 16.1. The second-order valence-electron chi connectivity index (χ2n) is 5.31. The van der Waals surface area contributed by atoms with E-state index in [0.717, 1.165) is 0 Å². The molecule has 2 atom stereocenters. The van der Waals surface area contributed by atoms with Crippen molar-refractivity contribution in [1.82, 2.24) is 19.7 Å². The first-order valence-corrected chi connectivity index (χ1v) is 6.67. The van der Waals surface area contributed by atoms with E-state index in [0.29, 0.717) is 22.8 Å². The van der Waals surface area contributed by atoms with Crippen LogP contribution in [0.1, 0.15) is 13.8 Å². The zero-order valence-electron chi connectivity index (χ0n) is 12.6. The third-order valence-electron chi connectivity index (χ3n) is 3.71. The predicted octanol–water partition coefficient (Wildman–Crippen LogP) is 1.08. The number of aryl methyl sites for hydroxylation is 1. The summed E-state index contributed by atoms with van der Waals surface area (Å²) < 4.78 is 1.35. The number of nitrogens with one attached hydrogen (secondary N) is 1.